The van der Waals surface area contributed by atoms with Crippen molar-refractivity contribution in [2.24, 2.45) is 0 Å². The molecule has 0 saturated heterocycles. The van der Waals surface area contributed by atoms with Crippen molar-refractivity contribution in [2.45, 2.75) is 0 Å². The number of nitrogen functional groups attached to an aromatic ring is 1. The van der Waals surface area contributed by atoms with E-state index in [4.69, 9.17) is 5.73 Å². The number of hydrogen-bond donors (Lipinski definition) is 2. The van der Waals surface area contributed by atoms with Crippen LogP contribution < -0.4 is 11.1 Å². The summed E-state index contributed by atoms with van der Waals surface area (Å²) in [6.45, 7) is 0. The lowest BCUT2D eigenvalue weighted by molar-refractivity contribution is 0.102. The third-order valence-electron chi connectivity index (χ3n) is 2.93. The zero-order chi connectivity index (χ0) is 15.0. The first-order valence-electron chi connectivity index (χ1n) is 5.94. The Bertz CT molecular complexity index is 824. The molecule has 0 atom stereocenters. The summed E-state index contributed by atoms with van der Waals surface area (Å²) in [4.78, 5) is 16.1. The number of hydrogen-bond acceptors (Lipinski definition) is 4. The van der Waals surface area contributed by atoms with Gasteiger partial charge in [0.25, 0.3) is 5.91 Å². The number of anilines is 2. The number of rotatable bonds is 2. The largest absolute Gasteiger partial charge is 0.394 e. The minimum atomic E-state index is -0.960. The smallest absolute Gasteiger partial charge is 0.255 e. The fraction of sp³-hybridized carbons (Fsp3) is 0. The number of benzene rings is 2. The van der Waals surface area contributed by atoms with Gasteiger partial charge in [-0.1, -0.05) is 0 Å². The summed E-state index contributed by atoms with van der Waals surface area (Å²) in [7, 11) is 0. The minimum absolute atomic E-state index is 0.136. The molecule has 0 radical (unpaired) electrons. The zero-order valence-electron chi connectivity index (χ0n) is 10.6. The lowest BCUT2D eigenvalue weighted by Crippen LogP contribution is -2.13. The summed E-state index contributed by atoms with van der Waals surface area (Å²) < 4.78 is 27.6. The predicted octanol–water partition coefficient (Wildman–Crippen LogP) is 3.41. The highest BCUT2D eigenvalue weighted by atomic mass is 32.1. The molecule has 2 aromatic carbocycles. The van der Waals surface area contributed by atoms with Crippen molar-refractivity contribution in [3.8, 4) is 0 Å². The molecule has 0 aliphatic heterocycles. The molecular formula is C14H9F2N3OS. The van der Waals surface area contributed by atoms with Crippen LogP contribution in [0.1, 0.15) is 10.4 Å². The molecule has 0 spiro atoms. The van der Waals surface area contributed by atoms with Crippen LogP contribution in [0.4, 0.5) is 20.2 Å². The molecule has 0 bridgehead atoms. The van der Waals surface area contributed by atoms with Crippen molar-refractivity contribution in [1.29, 1.82) is 0 Å². The Morgan fingerprint density at radius 1 is 1.19 bits per heavy atom. The summed E-state index contributed by atoms with van der Waals surface area (Å²) in [5.74, 6) is -2.53. The Morgan fingerprint density at radius 3 is 2.62 bits per heavy atom. The van der Waals surface area contributed by atoms with Crippen LogP contribution >= 0.6 is 11.3 Å². The maximum Gasteiger partial charge on any atom is 0.255 e. The average Bonchev–Trinajstić information content (AvgIpc) is 2.91. The predicted molar refractivity (Wildman–Crippen MR) is 78.3 cm³/mol. The lowest BCUT2D eigenvalue weighted by atomic mass is 10.1. The van der Waals surface area contributed by atoms with Crippen molar-refractivity contribution >= 4 is 38.8 Å². The van der Waals surface area contributed by atoms with E-state index in [0.29, 0.717) is 5.69 Å². The Kier molecular flexibility index (Phi) is 3.26. The normalized spacial score (nSPS) is 10.8. The molecule has 0 saturated carbocycles. The fourth-order valence-electron chi connectivity index (χ4n) is 1.85. The van der Waals surface area contributed by atoms with Crippen molar-refractivity contribution in [1.82, 2.24) is 4.98 Å². The van der Waals surface area contributed by atoms with Crippen LogP contribution in [0.3, 0.4) is 0 Å². The van der Waals surface area contributed by atoms with Gasteiger partial charge in [-0.05, 0) is 30.3 Å². The van der Waals surface area contributed by atoms with Gasteiger partial charge in [-0.25, -0.2) is 13.8 Å². The number of fused-ring (bicyclic) bond motifs is 1. The number of carbonyl (C=O) groups excluding carboxylic acids is 1. The fourth-order valence-corrected chi connectivity index (χ4v) is 2.57. The maximum absolute atomic E-state index is 13.4. The molecule has 21 heavy (non-hydrogen) atoms. The molecule has 0 unspecified atom stereocenters. The molecule has 0 aliphatic rings. The van der Waals surface area contributed by atoms with Crippen LogP contribution in [-0.4, -0.2) is 10.9 Å². The van der Waals surface area contributed by atoms with Gasteiger partial charge >= 0.3 is 0 Å². The Balaban J connectivity index is 1.88. The van der Waals surface area contributed by atoms with Gasteiger partial charge in [0, 0.05) is 11.3 Å². The number of aromatic nitrogens is 1. The van der Waals surface area contributed by atoms with Crippen LogP contribution in [0, 0.1) is 11.6 Å². The molecule has 1 heterocycles. The van der Waals surface area contributed by atoms with Gasteiger partial charge in [0.05, 0.1) is 15.7 Å². The van der Waals surface area contributed by atoms with Crippen molar-refractivity contribution in [2.75, 3.05) is 11.1 Å². The molecule has 1 amide bonds. The monoisotopic (exact) mass is 305 g/mol. The van der Waals surface area contributed by atoms with E-state index in [1.54, 1.807) is 23.7 Å². The molecule has 4 nitrogen and oxygen atoms in total. The summed E-state index contributed by atoms with van der Waals surface area (Å²) >= 11 is 1.43. The molecule has 3 N–H and O–H groups in total. The highest BCUT2D eigenvalue weighted by Gasteiger charge is 2.13. The van der Waals surface area contributed by atoms with E-state index < -0.39 is 23.2 Å². The molecule has 0 fully saturated rings. The molecule has 7 heteroatoms. The second-order valence-corrected chi connectivity index (χ2v) is 5.23. The number of carbonyl (C=O) groups is 1. The van der Waals surface area contributed by atoms with Gasteiger partial charge in [0.2, 0.25) is 0 Å². The highest BCUT2D eigenvalue weighted by Crippen LogP contribution is 2.23. The Morgan fingerprint density at radius 2 is 1.90 bits per heavy atom. The topological polar surface area (TPSA) is 68.0 Å². The molecule has 3 aromatic rings. The van der Waals surface area contributed by atoms with Crippen molar-refractivity contribution in [3.05, 3.63) is 53.0 Å². The first-order valence-corrected chi connectivity index (χ1v) is 6.81. The molecular weight excluding hydrogens is 296 g/mol. The van der Waals surface area contributed by atoms with Gasteiger partial charge in [-0.3, -0.25) is 4.79 Å². The summed E-state index contributed by atoms with van der Waals surface area (Å²) in [6, 6.07) is 6.97. The van der Waals surface area contributed by atoms with Gasteiger partial charge in [0.1, 0.15) is 17.3 Å². The van der Waals surface area contributed by atoms with E-state index in [0.717, 1.165) is 22.3 Å². The van der Waals surface area contributed by atoms with Crippen LogP contribution in [-0.2, 0) is 0 Å². The van der Waals surface area contributed by atoms with Crippen LogP contribution in [0.2, 0.25) is 0 Å². The number of nitrogens with one attached hydrogen (secondary N) is 1. The van der Waals surface area contributed by atoms with Crippen LogP contribution in [0.5, 0.6) is 0 Å². The van der Waals surface area contributed by atoms with Crippen molar-refractivity contribution in [3.63, 3.8) is 0 Å². The second kappa shape index (κ2) is 5.10. The molecule has 0 aliphatic carbocycles. The molecule has 3 rings (SSSR count). The van der Waals surface area contributed by atoms with Gasteiger partial charge < -0.3 is 11.1 Å². The molecule has 106 valence electrons. The number of thiazole rings is 1. The number of nitrogens with two attached hydrogens (primary N) is 1. The average molecular weight is 305 g/mol. The Labute approximate surface area is 122 Å². The highest BCUT2D eigenvalue weighted by molar-refractivity contribution is 7.16. The summed E-state index contributed by atoms with van der Waals surface area (Å²) in [5.41, 5.74) is 7.47. The summed E-state index contributed by atoms with van der Waals surface area (Å²) in [6.07, 6.45) is 0. The lowest BCUT2D eigenvalue weighted by Gasteiger charge is -2.07. The zero-order valence-corrected chi connectivity index (χ0v) is 11.4. The number of halogens is 2. The first kappa shape index (κ1) is 13.4. The standard InChI is InChI=1S/C14H9F2N3OS/c15-9-3-7(4-10(16)13(9)17)14(20)19-8-1-2-11-12(5-8)21-6-18-11/h1-6H,17H2,(H,19,20). The third-order valence-corrected chi connectivity index (χ3v) is 3.72. The van der Waals surface area contributed by atoms with Gasteiger partial charge in [0.15, 0.2) is 0 Å². The van der Waals surface area contributed by atoms with E-state index in [-0.39, 0.29) is 5.56 Å². The van der Waals surface area contributed by atoms with E-state index >= 15 is 0 Å². The van der Waals surface area contributed by atoms with E-state index in [1.807, 2.05) is 0 Å². The van der Waals surface area contributed by atoms with E-state index in [1.165, 1.54) is 11.3 Å². The van der Waals surface area contributed by atoms with E-state index in [2.05, 4.69) is 10.3 Å². The first-order chi connectivity index (χ1) is 10.0. The van der Waals surface area contributed by atoms with Crippen LogP contribution in [0.25, 0.3) is 10.2 Å². The quantitative estimate of drug-likeness (QED) is 0.713. The minimum Gasteiger partial charge on any atom is -0.394 e. The Hall–Kier alpha value is -2.54. The van der Waals surface area contributed by atoms with Crippen LogP contribution in [0.15, 0.2) is 35.8 Å². The SMILES string of the molecule is Nc1c(F)cc(C(=O)Nc2ccc3ncsc3c2)cc1F. The molecule has 1 aromatic heterocycles. The van der Waals surface area contributed by atoms with Gasteiger partial charge in [-0.15, -0.1) is 11.3 Å². The van der Waals surface area contributed by atoms with Gasteiger partial charge in [-0.2, -0.15) is 0 Å². The van der Waals surface area contributed by atoms with E-state index in [9.17, 15) is 13.6 Å². The number of amides is 1. The number of nitrogens with zero attached hydrogens (tertiary/aromatic N) is 1. The maximum atomic E-state index is 13.4. The third kappa shape index (κ3) is 2.55. The van der Waals surface area contributed by atoms with Crippen molar-refractivity contribution < 1.29 is 13.6 Å². The second-order valence-electron chi connectivity index (χ2n) is 4.34. The summed E-state index contributed by atoms with van der Waals surface area (Å²) in [5, 5.41) is 2.58.